The maximum atomic E-state index is 10.5. The third-order valence-electron chi connectivity index (χ3n) is 1.39. The number of ether oxygens (including phenoxy) is 1. The van der Waals surface area contributed by atoms with E-state index in [0.29, 0.717) is 6.42 Å². The average molecular weight is 160 g/mol. The van der Waals surface area contributed by atoms with Crippen LogP contribution in [0.25, 0.3) is 0 Å². The van der Waals surface area contributed by atoms with Crippen LogP contribution in [0.1, 0.15) is 33.6 Å². The van der Waals surface area contributed by atoms with Gasteiger partial charge in [-0.25, -0.2) is 0 Å². The molecule has 0 radical (unpaired) electrons. The van der Waals surface area contributed by atoms with Crippen LogP contribution in [0.15, 0.2) is 0 Å². The highest BCUT2D eigenvalue weighted by Crippen LogP contribution is 2.06. The topological polar surface area (TPSA) is 46.5 Å². The molecule has 66 valence electrons. The summed E-state index contributed by atoms with van der Waals surface area (Å²) in [6.07, 6.45) is 0.743. The van der Waals surface area contributed by atoms with Crippen LogP contribution < -0.4 is 0 Å². The maximum Gasteiger partial charge on any atom is 0.302 e. The predicted molar refractivity (Wildman–Crippen MR) is 42.1 cm³/mol. The van der Waals surface area contributed by atoms with Crippen LogP contribution >= 0.6 is 0 Å². The smallest absolute Gasteiger partial charge is 0.302 e. The Morgan fingerprint density at radius 1 is 1.64 bits per heavy atom. The number of hydrogen-bond donors (Lipinski definition) is 1. The van der Waals surface area contributed by atoms with Crippen LogP contribution in [0.2, 0.25) is 0 Å². The van der Waals surface area contributed by atoms with E-state index in [9.17, 15) is 4.79 Å². The molecule has 2 atom stereocenters. The highest BCUT2D eigenvalue weighted by molar-refractivity contribution is 5.66. The first-order chi connectivity index (χ1) is 5.06. The number of aliphatic hydroxyl groups excluding tert-OH is 1. The second kappa shape index (κ2) is 5.13. The molecule has 1 N–H and O–H groups in total. The molecule has 0 heterocycles. The lowest BCUT2D eigenvalue weighted by atomic mass is 10.1. The summed E-state index contributed by atoms with van der Waals surface area (Å²) < 4.78 is 4.91. The zero-order valence-electron chi connectivity index (χ0n) is 7.33. The molecule has 0 aliphatic carbocycles. The van der Waals surface area contributed by atoms with Crippen LogP contribution in [0.4, 0.5) is 0 Å². The van der Waals surface area contributed by atoms with Crippen molar-refractivity contribution in [1.82, 2.24) is 0 Å². The SMILES string of the molecule is CC[C@H](C[C@@H](C)O)OC(C)=O. The number of hydrogen-bond acceptors (Lipinski definition) is 3. The van der Waals surface area contributed by atoms with Crippen molar-refractivity contribution < 1.29 is 14.6 Å². The van der Waals surface area contributed by atoms with Crippen LogP contribution in [0, 0.1) is 0 Å². The third kappa shape index (κ3) is 5.85. The van der Waals surface area contributed by atoms with Gasteiger partial charge in [0.25, 0.3) is 0 Å². The van der Waals surface area contributed by atoms with Crippen molar-refractivity contribution in [2.45, 2.75) is 45.8 Å². The minimum atomic E-state index is -0.403. The van der Waals surface area contributed by atoms with Gasteiger partial charge in [-0.3, -0.25) is 4.79 Å². The molecule has 0 saturated carbocycles. The van der Waals surface area contributed by atoms with Gasteiger partial charge in [0, 0.05) is 13.3 Å². The van der Waals surface area contributed by atoms with Gasteiger partial charge in [-0.2, -0.15) is 0 Å². The van der Waals surface area contributed by atoms with Crippen molar-refractivity contribution in [3.05, 3.63) is 0 Å². The Hall–Kier alpha value is -0.570. The molecule has 0 aromatic heterocycles. The summed E-state index contributed by atoms with van der Waals surface area (Å²) >= 11 is 0. The van der Waals surface area contributed by atoms with Gasteiger partial charge in [-0.15, -0.1) is 0 Å². The van der Waals surface area contributed by atoms with Crippen molar-refractivity contribution in [3.63, 3.8) is 0 Å². The molecule has 0 bridgehead atoms. The van der Waals surface area contributed by atoms with Crippen molar-refractivity contribution in [2.75, 3.05) is 0 Å². The van der Waals surface area contributed by atoms with Crippen LogP contribution in [-0.4, -0.2) is 23.3 Å². The zero-order valence-corrected chi connectivity index (χ0v) is 7.33. The molecule has 0 aromatic rings. The van der Waals surface area contributed by atoms with Crippen molar-refractivity contribution >= 4 is 5.97 Å². The van der Waals surface area contributed by atoms with E-state index in [4.69, 9.17) is 9.84 Å². The Balaban J connectivity index is 3.66. The molecule has 0 saturated heterocycles. The molecule has 0 rings (SSSR count). The molecule has 0 amide bonds. The molecule has 0 unspecified atom stereocenters. The molecule has 0 aliphatic rings. The van der Waals surface area contributed by atoms with E-state index in [1.165, 1.54) is 6.92 Å². The summed E-state index contributed by atoms with van der Waals surface area (Å²) in [5.41, 5.74) is 0. The second-order valence-electron chi connectivity index (χ2n) is 2.72. The van der Waals surface area contributed by atoms with E-state index in [1.807, 2.05) is 6.92 Å². The first-order valence-electron chi connectivity index (χ1n) is 3.91. The van der Waals surface area contributed by atoms with Gasteiger partial charge in [0.15, 0.2) is 0 Å². The Morgan fingerprint density at radius 3 is 2.45 bits per heavy atom. The molecule has 11 heavy (non-hydrogen) atoms. The first-order valence-corrected chi connectivity index (χ1v) is 3.91. The lowest BCUT2D eigenvalue weighted by Crippen LogP contribution is -2.20. The Bertz CT molecular complexity index is 121. The fraction of sp³-hybridized carbons (Fsp3) is 0.875. The number of aliphatic hydroxyl groups is 1. The average Bonchev–Trinajstić information content (AvgIpc) is 1.84. The van der Waals surface area contributed by atoms with Crippen molar-refractivity contribution in [3.8, 4) is 0 Å². The van der Waals surface area contributed by atoms with E-state index in [0.717, 1.165) is 6.42 Å². The molecule has 3 nitrogen and oxygen atoms in total. The summed E-state index contributed by atoms with van der Waals surface area (Å²) in [7, 11) is 0. The Kier molecular flexibility index (Phi) is 4.86. The maximum absolute atomic E-state index is 10.5. The molecule has 0 fully saturated rings. The van der Waals surface area contributed by atoms with Crippen molar-refractivity contribution in [1.29, 1.82) is 0 Å². The largest absolute Gasteiger partial charge is 0.462 e. The minimum absolute atomic E-state index is 0.132. The quantitative estimate of drug-likeness (QED) is 0.626. The minimum Gasteiger partial charge on any atom is -0.462 e. The summed E-state index contributed by atoms with van der Waals surface area (Å²) in [6, 6.07) is 0. The normalized spacial score (nSPS) is 15.6. The van der Waals surface area contributed by atoms with Crippen molar-refractivity contribution in [2.24, 2.45) is 0 Å². The van der Waals surface area contributed by atoms with Gasteiger partial charge in [0.1, 0.15) is 6.10 Å². The molecule has 0 aromatic carbocycles. The van der Waals surface area contributed by atoms with Gasteiger partial charge in [-0.1, -0.05) is 6.92 Å². The first kappa shape index (κ1) is 10.4. The summed E-state index contributed by atoms with van der Waals surface area (Å²) in [5.74, 6) is -0.280. The van der Waals surface area contributed by atoms with Crippen LogP contribution in [0.3, 0.4) is 0 Å². The third-order valence-corrected chi connectivity index (χ3v) is 1.39. The van der Waals surface area contributed by atoms with Gasteiger partial charge in [0.05, 0.1) is 6.10 Å². The fourth-order valence-electron chi connectivity index (χ4n) is 0.913. The second-order valence-corrected chi connectivity index (χ2v) is 2.72. The van der Waals surface area contributed by atoms with Gasteiger partial charge in [-0.05, 0) is 13.3 Å². The molecule has 0 spiro atoms. The number of carbonyl (C=O) groups is 1. The standard InChI is InChI=1S/C8H16O3/c1-4-8(5-6(2)9)11-7(3)10/h6,8-9H,4-5H2,1-3H3/t6-,8-/m1/s1. The van der Waals surface area contributed by atoms with E-state index in [-0.39, 0.29) is 12.1 Å². The van der Waals surface area contributed by atoms with Crippen LogP contribution in [0.5, 0.6) is 0 Å². The van der Waals surface area contributed by atoms with Gasteiger partial charge < -0.3 is 9.84 Å². The lowest BCUT2D eigenvalue weighted by molar-refractivity contribution is -0.147. The van der Waals surface area contributed by atoms with Gasteiger partial charge in [0.2, 0.25) is 0 Å². The van der Waals surface area contributed by atoms with E-state index in [1.54, 1.807) is 6.92 Å². The summed E-state index contributed by atoms with van der Waals surface area (Å²) in [5, 5.41) is 8.98. The fourth-order valence-corrected chi connectivity index (χ4v) is 0.913. The zero-order chi connectivity index (χ0) is 8.85. The Labute approximate surface area is 67.4 Å². The molecule has 0 aliphatic heterocycles. The van der Waals surface area contributed by atoms with Gasteiger partial charge >= 0.3 is 5.97 Å². The number of rotatable bonds is 4. The van der Waals surface area contributed by atoms with E-state index in [2.05, 4.69) is 0 Å². The highest BCUT2D eigenvalue weighted by Gasteiger charge is 2.11. The monoisotopic (exact) mass is 160 g/mol. The summed E-state index contributed by atoms with van der Waals surface area (Å²) in [6.45, 7) is 4.99. The van der Waals surface area contributed by atoms with Crippen LogP contribution in [-0.2, 0) is 9.53 Å². The predicted octanol–water partition coefficient (Wildman–Crippen LogP) is 1.10. The molecular formula is C8H16O3. The van der Waals surface area contributed by atoms with E-state index < -0.39 is 6.10 Å². The summed E-state index contributed by atoms with van der Waals surface area (Å²) in [4.78, 5) is 10.5. The Morgan fingerprint density at radius 2 is 2.18 bits per heavy atom. The number of carbonyl (C=O) groups excluding carboxylic acids is 1. The highest BCUT2D eigenvalue weighted by atomic mass is 16.5. The molecule has 3 heteroatoms. The molecular weight excluding hydrogens is 144 g/mol. The van der Waals surface area contributed by atoms with E-state index >= 15 is 0 Å². The lowest BCUT2D eigenvalue weighted by Gasteiger charge is -2.15. The number of esters is 1.